The van der Waals surface area contributed by atoms with Crippen LogP contribution in [0.5, 0.6) is 5.75 Å². The highest BCUT2D eigenvalue weighted by Gasteiger charge is 2.10. The summed E-state index contributed by atoms with van der Waals surface area (Å²) in [5, 5.41) is 7.69. The fourth-order valence-electron chi connectivity index (χ4n) is 2.11. The van der Waals surface area contributed by atoms with Crippen molar-refractivity contribution in [1.29, 1.82) is 0 Å². The summed E-state index contributed by atoms with van der Waals surface area (Å²) in [6, 6.07) is 5.38. The second-order valence-corrected chi connectivity index (χ2v) is 5.61. The van der Waals surface area contributed by atoms with E-state index in [2.05, 4.69) is 10.4 Å². The van der Waals surface area contributed by atoms with Gasteiger partial charge in [-0.25, -0.2) is 0 Å². The normalized spacial score (nSPS) is 10.4. The zero-order chi connectivity index (χ0) is 16.8. The van der Waals surface area contributed by atoms with Gasteiger partial charge in [0.2, 0.25) is 5.91 Å². The van der Waals surface area contributed by atoms with Crippen molar-refractivity contribution < 1.29 is 9.53 Å². The number of halogens is 1. The molecule has 0 aliphatic carbocycles. The highest BCUT2D eigenvalue weighted by Crippen LogP contribution is 2.27. The Labute approximate surface area is 141 Å². The smallest absolute Gasteiger partial charge is 0.241 e. The number of ether oxygens (including phenoxy) is 1. The fraction of sp³-hybridized carbons (Fsp3) is 0.375. The van der Waals surface area contributed by atoms with Crippen molar-refractivity contribution in [3.63, 3.8) is 0 Å². The number of rotatable bonds is 7. The zero-order valence-electron chi connectivity index (χ0n) is 13.5. The van der Waals surface area contributed by atoms with Crippen molar-refractivity contribution in [1.82, 2.24) is 14.7 Å². The molecule has 0 saturated carbocycles. The van der Waals surface area contributed by atoms with Crippen molar-refractivity contribution >= 4 is 23.2 Å². The van der Waals surface area contributed by atoms with Crippen LogP contribution >= 0.6 is 11.6 Å². The highest BCUT2D eigenvalue weighted by molar-refractivity contribution is 6.32. The Hall–Kier alpha value is -2.21. The van der Waals surface area contributed by atoms with Crippen molar-refractivity contribution in [2.75, 3.05) is 25.5 Å². The van der Waals surface area contributed by atoms with Crippen LogP contribution in [-0.2, 0) is 18.4 Å². The lowest BCUT2D eigenvalue weighted by atomic mass is 10.3. The maximum Gasteiger partial charge on any atom is 0.241 e. The van der Waals surface area contributed by atoms with E-state index in [4.69, 9.17) is 16.3 Å². The molecule has 0 aliphatic heterocycles. The van der Waals surface area contributed by atoms with Gasteiger partial charge in [-0.3, -0.25) is 9.48 Å². The van der Waals surface area contributed by atoms with Crippen LogP contribution in [-0.4, -0.2) is 40.8 Å². The molecule has 1 aromatic heterocycles. The number of nitrogens with zero attached hydrogens (tertiary/aromatic N) is 3. The number of aryl methyl sites for hydroxylation is 1. The molecule has 1 N–H and O–H groups in total. The molecule has 0 spiro atoms. The van der Waals surface area contributed by atoms with Crippen LogP contribution in [0, 0.1) is 0 Å². The maximum atomic E-state index is 12.2. The molecule has 0 unspecified atom stereocenters. The van der Waals surface area contributed by atoms with E-state index in [-0.39, 0.29) is 12.5 Å². The number of anilines is 1. The number of likely N-dealkylation sites (N-methyl/N-ethyl adjacent to an activating group) is 1. The number of carbonyl (C=O) groups excluding carboxylic acids is 1. The standard InChI is InChI=1S/C16H21ClN4O2/c1-4-23-15-6-5-13(7-14(15)17)18-9-16(22)20(2)10-12-8-19-21(3)11-12/h5-8,11,18H,4,9-10H2,1-3H3. The molecule has 0 fully saturated rings. The van der Waals surface area contributed by atoms with Crippen molar-refractivity contribution in [3.05, 3.63) is 41.2 Å². The van der Waals surface area contributed by atoms with Gasteiger partial charge in [0.1, 0.15) is 5.75 Å². The third-order valence-corrected chi connectivity index (χ3v) is 3.57. The second-order valence-electron chi connectivity index (χ2n) is 5.20. The van der Waals surface area contributed by atoms with E-state index in [1.807, 2.05) is 26.2 Å². The van der Waals surface area contributed by atoms with E-state index in [0.717, 1.165) is 11.3 Å². The van der Waals surface area contributed by atoms with Crippen LogP contribution in [0.3, 0.4) is 0 Å². The summed E-state index contributed by atoms with van der Waals surface area (Å²) in [6.07, 6.45) is 3.65. The van der Waals surface area contributed by atoms with Gasteiger partial charge in [-0.15, -0.1) is 0 Å². The van der Waals surface area contributed by atoms with Gasteiger partial charge in [-0.2, -0.15) is 5.10 Å². The van der Waals surface area contributed by atoms with Crippen LogP contribution in [0.25, 0.3) is 0 Å². The van der Waals surface area contributed by atoms with Crippen LogP contribution in [0.2, 0.25) is 5.02 Å². The van der Waals surface area contributed by atoms with Gasteiger partial charge in [0.25, 0.3) is 0 Å². The molecule has 6 nitrogen and oxygen atoms in total. The average molecular weight is 337 g/mol. The molecule has 1 aromatic carbocycles. The molecule has 7 heteroatoms. The minimum Gasteiger partial charge on any atom is -0.492 e. The molecule has 124 valence electrons. The summed E-state index contributed by atoms with van der Waals surface area (Å²) < 4.78 is 7.10. The lowest BCUT2D eigenvalue weighted by Crippen LogP contribution is -2.31. The molecule has 1 amide bonds. The summed E-state index contributed by atoms with van der Waals surface area (Å²) >= 11 is 6.13. The fourth-order valence-corrected chi connectivity index (χ4v) is 2.35. The zero-order valence-corrected chi connectivity index (χ0v) is 14.3. The van der Waals surface area contributed by atoms with E-state index < -0.39 is 0 Å². The highest BCUT2D eigenvalue weighted by atomic mass is 35.5. The van der Waals surface area contributed by atoms with Crippen molar-refractivity contribution in [3.8, 4) is 5.75 Å². The maximum absolute atomic E-state index is 12.2. The second kappa shape index (κ2) is 7.87. The molecule has 1 heterocycles. The van der Waals surface area contributed by atoms with Crippen LogP contribution in [0.15, 0.2) is 30.6 Å². The van der Waals surface area contributed by atoms with E-state index in [1.165, 1.54) is 0 Å². The van der Waals surface area contributed by atoms with Gasteiger partial charge < -0.3 is 15.0 Å². The minimum absolute atomic E-state index is 0.0149. The SMILES string of the molecule is CCOc1ccc(NCC(=O)N(C)Cc2cnn(C)c2)cc1Cl. The van der Waals surface area contributed by atoms with Gasteiger partial charge in [-0.05, 0) is 25.1 Å². The van der Waals surface area contributed by atoms with E-state index in [0.29, 0.717) is 23.9 Å². The first kappa shape index (κ1) is 17.1. The quantitative estimate of drug-likeness (QED) is 0.844. The lowest BCUT2D eigenvalue weighted by molar-refractivity contribution is -0.128. The predicted molar refractivity (Wildman–Crippen MR) is 90.8 cm³/mol. The van der Waals surface area contributed by atoms with Crippen LogP contribution in [0.4, 0.5) is 5.69 Å². The summed E-state index contributed by atoms with van der Waals surface area (Å²) in [5.41, 5.74) is 1.77. The molecule has 0 aliphatic rings. The molecule has 2 aromatic rings. The Kier molecular flexibility index (Phi) is 5.87. The Morgan fingerprint density at radius 1 is 1.48 bits per heavy atom. The lowest BCUT2D eigenvalue weighted by Gasteiger charge is -2.17. The third-order valence-electron chi connectivity index (χ3n) is 3.28. The predicted octanol–water partition coefficient (Wildman–Crippen LogP) is 2.54. The first-order valence-corrected chi connectivity index (χ1v) is 7.75. The Morgan fingerprint density at radius 3 is 2.87 bits per heavy atom. The number of nitrogens with one attached hydrogen (secondary N) is 1. The molecule has 23 heavy (non-hydrogen) atoms. The minimum atomic E-state index is -0.0149. The van der Waals surface area contributed by atoms with E-state index in [1.54, 1.807) is 35.0 Å². The van der Waals surface area contributed by atoms with Gasteiger partial charge >= 0.3 is 0 Å². The van der Waals surface area contributed by atoms with Gasteiger partial charge in [-0.1, -0.05) is 11.6 Å². The van der Waals surface area contributed by atoms with Crippen molar-refractivity contribution in [2.24, 2.45) is 7.05 Å². The Bertz CT molecular complexity index is 672. The summed E-state index contributed by atoms with van der Waals surface area (Å²) in [7, 11) is 3.62. The molecule has 2 rings (SSSR count). The van der Waals surface area contributed by atoms with Gasteiger partial charge in [0.05, 0.1) is 24.4 Å². The third kappa shape index (κ3) is 4.89. The largest absolute Gasteiger partial charge is 0.492 e. The number of benzene rings is 1. The average Bonchev–Trinajstić information content (AvgIpc) is 2.92. The molecule has 0 bridgehead atoms. The summed E-state index contributed by atoms with van der Waals surface area (Å²) in [4.78, 5) is 13.8. The van der Waals surface area contributed by atoms with Crippen LogP contribution < -0.4 is 10.1 Å². The molecule has 0 atom stereocenters. The van der Waals surface area contributed by atoms with Gasteiger partial charge in [0.15, 0.2) is 0 Å². The Balaban J connectivity index is 1.87. The Morgan fingerprint density at radius 2 is 2.26 bits per heavy atom. The monoisotopic (exact) mass is 336 g/mol. The topological polar surface area (TPSA) is 59.4 Å². The number of amides is 1. The molecular formula is C16H21ClN4O2. The van der Waals surface area contributed by atoms with E-state index >= 15 is 0 Å². The number of hydrogen-bond acceptors (Lipinski definition) is 4. The summed E-state index contributed by atoms with van der Waals surface area (Å²) in [5.74, 6) is 0.624. The van der Waals surface area contributed by atoms with Gasteiger partial charge in [0, 0.05) is 38.1 Å². The van der Waals surface area contributed by atoms with Crippen LogP contribution in [0.1, 0.15) is 12.5 Å². The number of hydrogen-bond donors (Lipinski definition) is 1. The first-order valence-electron chi connectivity index (χ1n) is 7.37. The molecule has 0 saturated heterocycles. The van der Waals surface area contributed by atoms with Crippen molar-refractivity contribution in [2.45, 2.75) is 13.5 Å². The molecule has 0 radical (unpaired) electrons. The first-order chi connectivity index (χ1) is 11.0. The number of aromatic nitrogens is 2. The molecular weight excluding hydrogens is 316 g/mol. The van der Waals surface area contributed by atoms with E-state index in [9.17, 15) is 4.79 Å². The summed E-state index contributed by atoms with van der Waals surface area (Å²) in [6.45, 7) is 3.18. The number of carbonyl (C=O) groups is 1.